The van der Waals surface area contributed by atoms with Crippen LogP contribution in [-0.4, -0.2) is 5.78 Å². The Kier molecular flexibility index (Phi) is 5.43. The first-order chi connectivity index (χ1) is 15.8. The van der Waals surface area contributed by atoms with Gasteiger partial charge in [-0.3, -0.25) is 4.79 Å². The van der Waals surface area contributed by atoms with Crippen molar-refractivity contribution in [2.24, 2.45) is 0 Å². The fourth-order valence-electron chi connectivity index (χ4n) is 4.46. The number of allylic oxidation sites excluding steroid dienone is 1. The lowest BCUT2D eigenvalue weighted by molar-refractivity contribution is 0.0216. The SMILES string of the molecule is O=C(c1ccccc1)C1(c2ccccc2)CCC(c2ccccc2)=C(c2ccccc2)O1. The predicted octanol–water partition coefficient (Wildman–Crippen LogP) is 7.14. The highest BCUT2D eigenvalue weighted by atomic mass is 16.5. The van der Waals surface area contributed by atoms with Gasteiger partial charge >= 0.3 is 0 Å². The van der Waals surface area contributed by atoms with Crippen molar-refractivity contribution in [2.75, 3.05) is 0 Å². The standard InChI is InChI=1S/C30H24O2/c31-29(25-17-9-3-10-18-25)30(26-19-11-4-12-20-26)22-21-27(23-13-5-1-6-14-23)28(32-30)24-15-7-2-8-16-24/h1-20H,21-22H2. The first-order valence-electron chi connectivity index (χ1n) is 11.0. The number of ketones is 1. The predicted molar refractivity (Wildman–Crippen MR) is 129 cm³/mol. The maximum atomic E-state index is 14.0. The highest BCUT2D eigenvalue weighted by molar-refractivity contribution is 6.05. The van der Waals surface area contributed by atoms with Gasteiger partial charge in [0.15, 0.2) is 5.60 Å². The van der Waals surface area contributed by atoms with Gasteiger partial charge in [-0.05, 0) is 12.0 Å². The molecule has 0 bridgehead atoms. The van der Waals surface area contributed by atoms with Crippen molar-refractivity contribution in [3.05, 3.63) is 144 Å². The zero-order chi connectivity index (χ0) is 21.8. The molecule has 5 rings (SSSR count). The molecule has 4 aromatic carbocycles. The lowest BCUT2D eigenvalue weighted by Crippen LogP contribution is -2.40. The number of ether oxygens (including phenoxy) is 1. The topological polar surface area (TPSA) is 26.3 Å². The smallest absolute Gasteiger partial charge is 0.211 e. The van der Waals surface area contributed by atoms with Crippen molar-refractivity contribution in [1.82, 2.24) is 0 Å². The van der Waals surface area contributed by atoms with E-state index in [1.54, 1.807) is 0 Å². The van der Waals surface area contributed by atoms with Crippen LogP contribution in [0.3, 0.4) is 0 Å². The molecule has 2 heteroatoms. The van der Waals surface area contributed by atoms with E-state index in [9.17, 15) is 4.79 Å². The van der Waals surface area contributed by atoms with Gasteiger partial charge in [0.2, 0.25) is 5.78 Å². The molecule has 156 valence electrons. The number of hydrogen-bond acceptors (Lipinski definition) is 2. The van der Waals surface area contributed by atoms with E-state index in [-0.39, 0.29) is 5.78 Å². The van der Waals surface area contributed by atoms with E-state index in [0.29, 0.717) is 12.0 Å². The summed E-state index contributed by atoms with van der Waals surface area (Å²) in [5.74, 6) is 0.765. The first-order valence-corrected chi connectivity index (χ1v) is 11.0. The highest BCUT2D eigenvalue weighted by Gasteiger charge is 2.46. The minimum Gasteiger partial charge on any atom is -0.473 e. The van der Waals surface area contributed by atoms with E-state index in [1.165, 1.54) is 0 Å². The second-order valence-corrected chi connectivity index (χ2v) is 8.03. The second kappa shape index (κ2) is 8.68. The number of hydrogen-bond donors (Lipinski definition) is 0. The summed E-state index contributed by atoms with van der Waals surface area (Å²) in [6.07, 6.45) is 1.31. The van der Waals surface area contributed by atoms with Crippen molar-refractivity contribution in [2.45, 2.75) is 18.4 Å². The van der Waals surface area contributed by atoms with Gasteiger partial charge in [-0.2, -0.15) is 0 Å². The number of carbonyl (C=O) groups excluding carboxylic acids is 1. The molecule has 0 saturated carbocycles. The van der Waals surface area contributed by atoms with Crippen LogP contribution in [0.15, 0.2) is 121 Å². The maximum absolute atomic E-state index is 14.0. The average Bonchev–Trinajstić information content (AvgIpc) is 2.90. The molecular weight excluding hydrogens is 392 g/mol. The summed E-state index contributed by atoms with van der Waals surface area (Å²) in [5.41, 5.74) is 3.70. The van der Waals surface area contributed by atoms with E-state index in [0.717, 1.165) is 34.4 Å². The third kappa shape index (κ3) is 3.65. The van der Waals surface area contributed by atoms with E-state index in [2.05, 4.69) is 12.1 Å². The molecule has 1 atom stereocenters. The Bertz CT molecular complexity index is 1230. The number of Topliss-reactive ketones (excluding diaryl/α,β-unsaturated/α-hetero) is 1. The molecule has 4 aromatic rings. The van der Waals surface area contributed by atoms with Gasteiger partial charge in [0, 0.05) is 28.7 Å². The molecule has 0 spiro atoms. The van der Waals surface area contributed by atoms with Gasteiger partial charge in [0.05, 0.1) is 0 Å². The van der Waals surface area contributed by atoms with Crippen molar-refractivity contribution in [3.63, 3.8) is 0 Å². The van der Waals surface area contributed by atoms with Crippen LogP contribution in [0.4, 0.5) is 0 Å². The van der Waals surface area contributed by atoms with Crippen molar-refractivity contribution in [1.29, 1.82) is 0 Å². The van der Waals surface area contributed by atoms with Crippen molar-refractivity contribution >= 4 is 17.1 Å². The summed E-state index contributed by atoms with van der Waals surface area (Å²) in [6, 6.07) is 39.8. The Hall–Kier alpha value is -3.91. The quantitative estimate of drug-likeness (QED) is 0.323. The second-order valence-electron chi connectivity index (χ2n) is 8.03. The Labute approximate surface area is 188 Å². The van der Waals surface area contributed by atoms with Crippen LogP contribution in [0, 0.1) is 0 Å². The molecule has 32 heavy (non-hydrogen) atoms. The van der Waals surface area contributed by atoms with Crippen molar-refractivity contribution in [3.8, 4) is 0 Å². The van der Waals surface area contributed by atoms with Crippen LogP contribution >= 0.6 is 0 Å². The Morgan fingerprint density at radius 3 is 1.72 bits per heavy atom. The largest absolute Gasteiger partial charge is 0.473 e. The Balaban J connectivity index is 1.70. The number of benzene rings is 4. The van der Waals surface area contributed by atoms with E-state index in [1.807, 2.05) is 109 Å². The molecule has 0 amide bonds. The third-order valence-electron chi connectivity index (χ3n) is 6.08. The fraction of sp³-hybridized carbons (Fsp3) is 0.100. The van der Waals surface area contributed by atoms with Gasteiger partial charge in [-0.1, -0.05) is 121 Å². The van der Waals surface area contributed by atoms with Crippen LogP contribution in [0.5, 0.6) is 0 Å². The number of carbonyl (C=O) groups is 1. The van der Waals surface area contributed by atoms with E-state index < -0.39 is 5.60 Å². The van der Waals surface area contributed by atoms with Crippen LogP contribution in [0.2, 0.25) is 0 Å². The third-order valence-corrected chi connectivity index (χ3v) is 6.08. The molecule has 0 aliphatic carbocycles. The molecule has 0 saturated heterocycles. The minimum absolute atomic E-state index is 0.00940. The summed E-state index contributed by atoms with van der Waals surface area (Å²) in [6.45, 7) is 0. The first kappa shape index (κ1) is 20.0. The molecule has 0 aromatic heterocycles. The lowest BCUT2D eigenvalue weighted by atomic mass is 9.78. The zero-order valence-corrected chi connectivity index (χ0v) is 17.8. The molecular formula is C30H24O2. The van der Waals surface area contributed by atoms with Crippen LogP contribution < -0.4 is 0 Å². The van der Waals surface area contributed by atoms with Crippen LogP contribution in [0.25, 0.3) is 11.3 Å². The van der Waals surface area contributed by atoms with Crippen LogP contribution in [-0.2, 0) is 10.3 Å². The molecule has 2 nitrogen and oxygen atoms in total. The van der Waals surface area contributed by atoms with E-state index in [4.69, 9.17) is 4.74 Å². The molecule has 1 unspecified atom stereocenters. The van der Waals surface area contributed by atoms with Gasteiger partial charge in [-0.15, -0.1) is 0 Å². The van der Waals surface area contributed by atoms with Gasteiger partial charge in [0.25, 0.3) is 0 Å². The Morgan fingerprint density at radius 2 is 1.12 bits per heavy atom. The summed E-state index contributed by atoms with van der Waals surface area (Å²) in [5, 5.41) is 0. The summed E-state index contributed by atoms with van der Waals surface area (Å²) >= 11 is 0. The summed E-state index contributed by atoms with van der Waals surface area (Å²) in [7, 11) is 0. The van der Waals surface area contributed by atoms with Crippen LogP contribution in [0.1, 0.15) is 39.9 Å². The maximum Gasteiger partial charge on any atom is 0.211 e. The van der Waals surface area contributed by atoms with Crippen molar-refractivity contribution < 1.29 is 9.53 Å². The minimum atomic E-state index is -1.08. The average molecular weight is 417 g/mol. The highest BCUT2D eigenvalue weighted by Crippen LogP contribution is 2.47. The fourth-order valence-corrected chi connectivity index (χ4v) is 4.46. The zero-order valence-electron chi connectivity index (χ0n) is 17.8. The Morgan fingerprint density at radius 1 is 0.625 bits per heavy atom. The van der Waals surface area contributed by atoms with Gasteiger partial charge < -0.3 is 4.74 Å². The van der Waals surface area contributed by atoms with Gasteiger partial charge in [0.1, 0.15) is 5.76 Å². The summed E-state index contributed by atoms with van der Waals surface area (Å²) in [4.78, 5) is 14.0. The van der Waals surface area contributed by atoms with E-state index >= 15 is 0 Å². The molecule has 0 fully saturated rings. The molecule has 1 heterocycles. The molecule has 1 aliphatic heterocycles. The molecule has 0 N–H and O–H groups in total. The normalized spacial score (nSPS) is 18.1. The monoisotopic (exact) mass is 416 g/mol. The lowest BCUT2D eigenvalue weighted by Gasteiger charge is -2.39. The molecule has 1 aliphatic rings. The molecule has 0 radical (unpaired) electrons. The van der Waals surface area contributed by atoms with Gasteiger partial charge in [-0.25, -0.2) is 0 Å². The number of rotatable bonds is 5. The summed E-state index contributed by atoms with van der Waals surface area (Å²) < 4.78 is 6.86.